The lowest BCUT2D eigenvalue weighted by molar-refractivity contribution is -0.129. The summed E-state index contributed by atoms with van der Waals surface area (Å²) in [7, 11) is 0. The first-order valence-electron chi connectivity index (χ1n) is 7.17. The van der Waals surface area contributed by atoms with E-state index >= 15 is 0 Å². The summed E-state index contributed by atoms with van der Waals surface area (Å²) in [5, 5.41) is 2.83. The second-order valence-corrected chi connectivity index (χ2v) is 5.28. The minimum absolute atomic E-state index is 0.0401. The van der Waals surface area contributed by atoms with Gasteiger partial charge < -0.3 is 14.6 Å². The van der Waals surface area contributed by atoms with Crippen LogP contribution in [0, 0.1) is 0 Å². The molecule has 2 aromatic rings. The van der Waals surface area contributed by atoms with Crippen LogP contribution in [0.2, 0.25) is 0 Å². The number of hydrogen-bond donors (Lipinski definition) is 1. The van der Waals surface area contributed by atoms with E-state index in [1.165, 1.54) is 0 Å². The van der Waals surface area contributed by atoms with Gasteiger partial charge in [-0.15, -0.1) is 0 Å². The predicted molar refractivity (Wildman–Crippen MR) is 78.9 cm³/mol. The van der Waals surface area contributed by atoms with Crippen LogP contribution in [0.4, 0.5) is 0 Å². The average Bonchev–Trinajstić information content (AvgIpc) is 3.04. The Balaban J connectivity index is 1.76. The number of nitrogens with one attached hydrogen (secondary N) is 1. The largest absolute Gasteiger partial charge is 0.467 e. The van der Waals surface area contributed by atoms with E-state index < -0.39 is 0 Å². The number of hydrogen-bond acceptors (Lipinski definition) is 4. The van der Waals surface area contributed by atoms with Gasteiger partial charge in [0.2, 0.25) is 5.91 Å². The number of pyridine rings is 1. The zero-order valence-electron chi connectivity index (χ0n) is 12.3. The zero-order valence-corrected chi connectivity index (χ0v) is 12.3. The van der Waals surface area contributed by atoms with Crippen molar-refractivity contribution in [2.45, 2.75) is 26.4 Å². The highest BCUT2D eigenvalue weighted by atomic mass is 16.3. The summed E-state index contributed by atoms with van der Waals surface area (Å²) >= 11 is 0. The Morgan fingerprint density at radius 1 is 1.41 bits per heavy atom. The minimum Gasteiger partial charge on any atom is -0.467 e. The number of carbonyl (C=O) groups is 2. The lowest BCUT2D eigenvalue weighted by atomic mass is 9.96. The zero-order chi connectivity index (χ0) is 15.5. The summed E-state index contributed by atoms with van der Waals surface area (Å²) in [6.45, 7) is 3.04. The first kappa shape index (κ1) is 14.3. The fraction of sp³-hybridized carbons (Fsp3) is 0.312. The number of rotatable bonds is 3. The molecule has 2 aromatic heterocycles. The van der Waals surface area contributed by atoms with Crippen molar-refractivity contribution in [3.63, 3.8) is 0 Å². The van der Waals surface area contributed by atoms with Gasteiger partial charge in [0.1, 0.15) is 5.76 Å². The summed E-state index contributed by atoms with van der Waals surface area (Å²) in [6, 6.07) is 3.59. The smallest absolute Gasteiger partial charge is 0.253 e. The van der Waals surface area contributed by atoms with Crippen LogP contribution in [-0.4, -0.2) is 28.2 Å². The maximum atomic E-state index is 12.4. The van der Waals surface area contributed by atoms with Gasteiger partial charge in [-0.3, -0.25) is 14.6 Å². The van der Waals surface area contributed by atoms with Crippen molar-refractivity contribution < 1.29 is 14.0 Å². The SMILES string of the molecule is CC(=O)N1CCc2c(cncc2C(=O)NCc2ccco2)C1. The standard InChI is InChI=1S/C16H17N3O3/c1-11(20)19-5-4-14-12(10-19)7-17-9-15(14)16(21)18-8-13-3-2-6-22-13/h2-3,6-7,9H,4-5,8,10H2,1H3,(H,18,21). The number of nitrogens with zero attached hydrogens (tertiary/aromatic N) is 2. The molecule has 0 unspecified atom stereocenters. The lowest BCUT2D eigenvalue weighted by Crippen LogP contribution is -2.36. The van der Waals surface area contributed by atoms with Crippen LogP contribution in [0.1, 0.15) is 34.2 Å². The van der Waals surface area contributed by atoms with E-state index in [9.17, 15) is 9.59 Å². The fourth-order valence-electron chi connectivity index (χ4n) is 2.63. The molecule has 0 bridgehead atoms. The molecule has 6 nitrogen and oxygen atoms in total. The molecular weight excluding hydrogens is 282 g/mol. The highest BCUT2D eigenvalue weighted by molar-refractivity contribution is 5.95. The van der Waals surface area contributed by atoms with Crippen molar-refractivity contribution in [1.29, 1.82) is 0 Å². The molecule has 1 aliphatic rings. The van der Waals surface area contributed by atoms with Crippen molar-refractivity contribution in [2.24, 2.45) is 0 Å². The van der Waals surface area contributed by atoms with Gasteiger partial charge >= 0.3 is 0 Å². The summed E-state index contributed by atoms with van der Waals surface area (Å²) in [5.41, 5.74) is 2.49. The van der Waals surface area contributed by atoms with Crippen LogP contribution in [-0.2, 0) is 24.3 Å². The Labute approximate surface area is 128 Å². The molecule has 3 heterocycles. The molecule has 0 saturated carbocycles. The highest BCUT2D eigenvalue weighted by Crippen LogP contribution is 2.21. The quantitative estimate of drug-likeness (QED) is 0.932. The third-order valence-electron chi connectivity index (χ3n) is 3.83. The second-order valence-electron chi connectivity index (χ2n) is 5.28. The molecule has 0 spiro atoms. The number of carbonyl (C=O) groups excluding carboxylic acids is 2. The average molecular weight is 299 g/mol. The maximum absolute atomic E-state index is 12.4. The molecule has 22 heavy (non-hydrogen) atoms. The molecule has 0 atom stereocenters. The Morgan fingerprint density at radius 3 is 3.00 bits per heavy atom. The fourth-order valence-corrected chi connectivity index (χ4v) is 2.63. The Kier molecular flexibility index (Phi) is 3.91. The molecule has 1 aliphatic heterocycles. The molecule has 6 heteroatoms. The van der Waals surface area contributed by atoms with Gasteiger partial charge in [-0.25, -0.2) is 0 Å². The molecule has 114 valence electrons. The molecule has 0 radical (unpaired) electrons. The van der Waals surface area contributed by atoms with Crippen molar-refractivity contribution in [1.82, 2.24) is 15.2 Å². The molecule has 0 saturated heterocycles. The second kappa shape index (κ2) is 6.01. The van der Waals surface area contributed by atoms with Crippen LogP contribution in [0.15, 0.2) is 35.2 Å². The number of fused-ring (bicyclic) bond motifs is 1. The monoisotopic (exact) mass is 299 g/mol. The Hall–Kier alpha value is -2.63. The highest BCUT2D eigenvalue weighted by Gasteiger charge is 2.23. The number of amides is 2. The van der Waals surface area contributed by atoms with E-state index in [1.807, 2.05) is 6.07 Å². The van der Waals surface area contributed by atoms with Crippen LogP contribution in [0.5, 0.6) is 0 Å². The normalized spacial score (nSPS) is 13.6. The molecule has 2 amide bonds. The van der Waals surface area contributed by atoms with E-state index in [4.69, 9.17) is 4.42 Å². The minimum atomic E-state index is -0.169. The van der Waals surface area contributed by atoms with Crippen molar-refractivity contribution >= 4 is 11.8 Å². The van der Waals surface area contributed by atoms with E-state index in [-0.39, 0.29) is 11.8 Å². The van der Waals surface area contributed by atoms with E-state index in [0.717, 1.165) is 11.1 Å². The van der Waals surface area contributed by atoms with Gasteiger partial charge in [0.15, 0.2) is 0 Å². The van der Waals surface area contributed by atoms with Gasteiger partial charge in [0.05, 0.1) is 18.4 Å². The molecule has 1 N–H and O–H groups in total. The van der Waals surface area contributed by atoms with Crippen LogP contribution in [0.3, 0.4) is 0 Å². The number of aromatic nitrogens is 1. The molecular formula is C16H17N3O3. The van der Waals surface area contributed by atoms with Crippen molar-refractivity contribution in [2.75, 3.05) is 6.54 Å². The van der Waals surface area contributed by atoms with Gasteiger partial charge in [-0.1, -0.05) is 0 Å². The molecule has 3 rings (SSSR count). The number of furan rings is 1. The van der Waals surface area contributed by atoms with Crippen LogP contribution in [0.25, 0.3) is 0 Å². The summed E-state index contributed by atoms with van der Waals surface area (Å²) in [5.74, 6) is 0.573. The first-order chi connectivity index (χ1) is 10.6. The molecule has 0 aliphatic carbocycles. The molecule has 0 fully saturated rings. The Bertz CT molecular complexity index is 695. The predicted octanol–water partition coefficient (Wildman–Crippen LogP) is 1.51. The van der Waals surface area contributed by atoms with Crippen molar-refractivity contribution in [3.05, 3.63) is 53.2 Å². The summed E-state index contributed by atoms with van der Waals surface area (Å²) < 4.78 is 5.20. The lowest BCUT2D eigenvalue weighted by Gasteiger charge is -2.28. The van der Waals surface area contributed by atoms with Gasteiger partial charge in [-0.05, 0) is 29.7 Å². The maximum Gasteiger partial charge on any atom is 0.253 e. The third-order valence-corrected chi connectivity index (χ3v) is 3.83. The van der Waals surface area contributed by atoms with Crippen LogP contribution < -0.4 is 5.32 Å². The van der Waals surface area contributed by atoms with Gasteiger partial charge in [0.25, 0.3) is 5.91 Å². The van der Waals surface area contributed by atoms with Gasteiger partial charge in [-0.2, -0.15) is 0 Å². The Morgan fingerprint density at radius 2 is 2.27 bits per heavy atom. The van der Waals surface area contributed by atoms with Crippen LogP contribution >= 0.6 is 0 Å². The topological polar surface area (TPSA) is 75.4 Å². The van der Waals surface area contributed by atoms with E-state index in [1.54, 1.807) is 36.5 Å². The summed E-state index contributed by atoms with van der Waals surface area (Å²) in [6.07, 6.45) is 5.55. The van der Waals surface area contributed by atoms with Crippen molar-refractivity contribution in [3.8, 4) is 0 Å². The van der Waals surface area contributed by atoms with Gasteiger partial charge in [0, 0.05) is 32.4 Å². The molecule has 0 aromatic carbocycles. The third kappa shape index (κ3) is 2.86. The van der Waals surface area contributed by atoms with E-state index in [0.29, 0.717) is 37.4 Å². The summed E-state index contributed by atoms with van der Waals surface area (Å²) in [4.78, 5) is 29.7. The first-order valence-corrected chi connectivity index (χ1v) is 7.17. The van der Waals surface area contributed by atoms with E-state index in [2.05, 4.69) is 10.3 Å².